The van der Waals surface area contributed by atoms with Gasteiger partial charge in [0.05, 0.1) is 7.11 Å². The molecule has 0 aliphatic rings. The number of ether oxygens (including phenoxy) is 1. The van der Waals surface area contributed by atoms with E-state index in [1.165, 1.54) is 0 Å². The quantitative estimate of drug-likeness (QED) is 0.887. The second-order valence-corrected chi connectivity index (χ2v) is 4.83. The first-order valence-corrected chi connectivity index (χ1v) is 6.89. The fourth-order valence-corrected chi connectivity index (χ4v) is 2.21. The lowest BCUT2D eigenvalue weighted by atomic mass is 10.0. The Morgan fingerprint density at radius 2 is 2.00 bits per heavy atom. The fourth-order valence-electron chi connectivity index (χ4n) is 2.21. The first-order chi connectivity index (χ1) is 10.2. The molecule has 0 unspecified atom stereocenters. The SMILES string of the molecule is COc1ccc(NC(=O)c2ccccc2CCN)c(C)c1. The van der Waals surface area contributed by atoms with Gasteiger partial charge in [-0.05, 0) is 55.3 Å². The number of carbonyl (C=O) groups is 1. The van der Waals surface area contributed by atoms with Crippen LogP contribution in [0.15, 0.2) is 42.5 Å². The minimum Gasteiger partial charge on any atom is -0.497 e. The van der Waals surface area contributed by atoms with Crippen LogP contribution in [0.1, 0.15) is 21.5 Å². The molecule has 0 aromatic heterocycles. The molecular weight excluding hydrogens is 264 g/mol. The van der Waals surface area contributed by atoms with E-state index in [1.807, 2.05) is 49.4 Å². The lowest BCUT2D eigenvalue weighted by Gasteiger charge is -2.12. The van der Waals surface area contributed by atoms with E-state index in [0.29, 0.717) is 18.5 Å². The van der Waals surface area contributed by atoms with Crippen molar-refractivity contribution in [2.75, 3.05) is 19.0 Å². The van der Waals surface area contributed by atoms with E-state index in [1.54, 1.807) is 7.11 Å². The molecule has 0 heterocycles. The molecule has 110 valence electrons. The first kappa shape index (κ1) is 15.1. The summed E-state index contributed by atoms with van der Waals surface area (Å²) in [5.41, 5.74) is 8.96. The Hall–Kier alpha value is -2.33. The highest BCUT2D eigenvalue weighted by molar-refractivity contribution is 6.05. The summed E-state index contributed by atoms with van der Waals surface area (Å²) in [7, 11) is 1.62. The maximum absolute atomic E-state index is 12.4. The highest BCUT2D eigenvalue weighted by Crippen LogP contribution is 2.22. The van der Waals surface area contributed by atoms with Gasteiger partial charge in [-0.2, -0.15) is 0 Å². The fraction of sp³-hybridized carbons (Fsp3) is 0.235. The Morgan fingerprint density at radius 1 is 1.24 bits per heavy atom. The summed E-state index contributed by atoms with van der Waals surface area (Å²) < 4.78 is 5.16. The number of rotatable bonds is 5. The molecule has 0 bridgehead atoms. The highest BCUT2D eigenvalue weighted by Gasteiger charge is 2.11. The molecule has 0 saturated carbocycles. The number of methoxy groups -OCH3 is 1. The molecule has 0 atom stereocenters. The molecule has 0 fully saturated rings. The second kappa shape index (κ2) is 6.90. The molecule has 4 heteroatoms. The summed E-state index contributed by atoms with van der Waals surface area (Å²) >= 11 is 0. The monoisotopic (exact) mass is 284 g/mol. The highest BCUT2D eigenvalue weighted by atomic mass is 16.5. The average molecular weight is 284 g/mol. The van der Waals surface area contributed by atoms with Gasteiger partial charge in [0, 0.05) is 11.3 Å². The van der Waals surface area contributed by atoms with Gasteiger partial charge in [-0.1, -0.05) is 18.2 Å². The number of anilines is 1. The van der Waals surface area contributed by atoms with Gasteiger partial charge in [-0.25, -0.2) is 0 Å². The van der Waals surface area contributed by atoms with Crippen LogP contribution >= 0.6 is 0 Å². The van der Waals surface area contributed by atoms with Gasteiger partial charge in [-0.15, -0.1) is 0 Å². The zero-order valence-corrected chi connectivity index (χ0v) is 12.3. The van der Waals surface area contributed by atoms with Crippen molar-refractivity contribution in [3.63, 3.8) is 0 Å². The van der Waals surface area contributed by atoms with Crippen molar-refractivity contribution in [3.8, 4) is 5.75 Å². The van der Waals surface area contributed by atoms with Gasteiger partial charge < -0.3 is 15.8 Å². The predicted octanol–water partition coefficient (Wildman–Crippen LogP) is 2.76. The summed E-state index contributed by atoms with van der Waals surface area (Å²) in [5.74, 6) is 0.654. The summed E-state index contributed by atoms with van der Waals surface area (Å²) in [5, 5.41) is 2.94. The topological polar surface area (TPSA) is 64.3 Å². The number of amides is 1. The van der Waals surface area contributed by atoms with Crippen LogP contribution in [0.3, 0.4) is 0 Å². The maximum Gasteiger partial charge on any atom is 0.255 e. The Balaban J connectivity index is 2.22. The van der Waals surface area contributed by atoms with Crippen LogP contribution in [0.4, 0.5) is 5.69 Å². The largest absolute Gasteiger partial charge is 0.497 e. The molecule has 0 aliphatic carbocycles. The number of nitrogens with one attached hydrogen (secondary N) is 1. The van der Waals surface area contributed by atoms with E-state index >= 15 is 0 Å². The van der Waals surface area contributed by atoms with Crippen LogP contribution in [-0.4, -0.2) is 19.6 Å². The molecule has 0 aliphatic heterocycles. The minimum atomic E-state index is -0.118. The van der Waals surface area contributed by atoms with E-state index in [9.17, 15) is 4.79 Å². The van der Waals surface area contributed by atoms with Crippen LogP contribution < -0.4 is 15.8 Å². The molecular formula is C17H20N2O2. The minimum absolute atomic E-state index is 0.118. The maximum atomic E-state index is 12.4. The molecule has 0 saturated heterocycles. The van der Waals surface area contributed by atoms with Crippen molar-refractivity contribution in [2.45, 2.75) is 13.3 Å². The van der Waals surface area contributed by atoms with Crippen molar-refractivity contribution in [3.05, 3.63) is 59.2 Å². The smallest absolute Gasteiger partial charge is 0.255 e. The zero-order chi connectivity index (χ0) is 15.2. The third-order valence-corrected chi connectivity index (χ3v) is 3.36. The van der Waals surface area contributed by atoms with Crippen molar-refractivity contribution >= 4 is 11.6 Å². The molecule has 0 spiro atoms. The first-order valence-electron chi connectivity index (χ1n) is 6.89. The Labute approximate surface area is 124 Å². The van der Waals surface area contributed by atoms with E-state index in [-0.39, 0.29) is 5.91 Å². The van der Waals surface area contributed by atoms with Crippen molar-refractivity contribution < 1.29 is 9.53 Å². The number of hydrogen-bond donors (Lipinski definition) is 2. The van der Waals surface area contributed by atoms with Crippen LogP contribution in [0, 0.1) is 6.92 Å². The zero-order valence-electron chi connectivity index (χ0n) is 12.3. The van der Waals surface area contributed by atoms with Crippen LogP contribution in [0.25, 0.3) is 0 Å². The molecule has 2 aromatic carbocycles. The molecule has 2 rings (SSSR count). The average Bonchev–Trinajstić information content (AvgIpc) is 2.50. The molecule has 0 radical (unpaired) electrons. The normalized spacial score (nSPS) is 10.2. The Bertz CT molecular complexity index is 638. The number of aryl methyl sites for hydroxylation is 1. The van der Waals surface area contributed by atoms with Crippen molar-refractivity contribution in [1.82, 2.24) is 0 Å². The van der Waals surface area contributed by atoms with Gasteiger partial charge in [0.1, 0.15) is 5.75 Å². The van der Waals surface area contributed by atoms with Crippen molar-refractivity contribution in [2.24, 2.45) is 5.73 Å². The lowest BCUT2D eigenvalue weighted by Crippen LogP contribution is -2.16. The lowest BCUT2D eigenvalue weighted by molar-refractivity contribution is 0.102. The second-order valence-electron chi connectivity index (χ2n) is 4.83. The molecule has 21 heavy (non-hydrogen) atoms. The van der Waals surface area contributed by atoms with Gasteiger partial charge in [0.25, 0.3) is 5.91 Å². The third kappa shape index (κ3) is 3.61. The molecule has 1 amide bonds. The standard InChI is InChI=1S/C17H20N2O2/c1-12-11-14(21-2)7-8-16(12)19-17(20)15-6-4-3-5-13(15)9-10-18/h3-8,11H,9-10,18H2,1-2H3,(H,19,20). The summed E-state index contributed by atoms with van der Waals surface area (Å²) in [6.07, 6.45) is 0.686. The molecule has 4 nitrogen and oxygen atoms in total. The van der Waals surface area contributed by atoms with Crippen LogP contribution in [0.5, 0.6) is 5.75 Å². The van der Waals surface area contributed by atoms with E-state index in [2.05, 4.69) is 5.32 Å². The summed E-state index contributed by atoms with van der Waals surface area (Å²) in [6.45, 7) is 2.45. The summed E-state index contributed by atoms with van der Waals surface area (Å²) in [4.78, 5) is 12.4. The Kier molecular flexibility index (Phi) is 4.95. The van der Waals surface area contributed by atoms with Crippen LogP contribution in [-0.2, 0) is 6.42 Å². The van der Waals surface area contributed by atoms with Crippen molar-refractivity contribution in [1.29, 1.82) is 0 Å². The van der Waals surface area contributed by atoms with Gasteiger partial charge in [0.15, 0.2) is 0 Å². The van der Waals surface area contributed by atoms with E-state index in [0.717, 1.165) is 22.6 Å². The number of carbonyl (C=O) groups excluding carboxylic acids is 1. The van der Waals surface area contributed by atoms with E-state index in [4.69, 9.17) is 10.5 Å². The predicted molar refractivity (Wildman–Crippen MR) is 84.9 cm³/mol. The number of nitrogens with two attached hydrogens (primary N) is 1. The Morgan fingerprint density at radius 3 is 2.67 bits per heavy atom. The van der Waals surface area contributed by atoms with E-state index < -0.39 is 0 Å². The van der Waals surface area contributed by atoms with Crippen LogP contribution in [0.2, 0.25) is 0 Å². The van der Waals surface area contributed by atoms with Gasteiger partial charge in [0.2, 0.25) is 0 Å². The summed E-state index contributed by atoms with van der Waals surface area (Å²) in [6, 6.07) is 13.1. The van der Waals surface area contributed by atoms with Gasteiger partial charge in [-0.3, -0.25) is 4.79 Å². The molecule has 3 N–H and O–H groups in total. The van der Waals surface area contributed by atoms with Gasteiger partial charge >= 0.3 is 0 Å². The molecule has 2 aromatic rings. The number of benzene rings is 2. The third-order valence-electron chi connectivity index (χ3n) is 3.36. The number of hydrogen-bond acceptors (Lipinski definition) is 3.